The van der Waals surface area contributed by atoms with Crippen molar-refractivity contribution in [1.82, 2.24) is 19.5 Å². The van der Waals surface area contributed by atoms with Crippen molar-refractivity contribution in [2.24, 2.45) is 0 Å². The van der Waals surface area contributed by atoms with Gasteiger partial charge in [-0.2, -0.15) is 5.10 Å². The van der Waals surface area contributed by atoms with Gasteiger partial charge in [0.2, 0.25) is 5.91 Å². The summed E-state index contributed by atoms with van der Waals surface area (Å²) in [6, 6.07) is 7.52. The molecule has 1 aromatic carbocycles. The predicted molar refractivity (Wildman–Crippen MR) is 121 cm³/mol. The molecule has 0 saturated carbocycles. The van der Waals surface area contributed by atoms with Crippen molar-refractivity contribution in [2.45, 2.75) is 26.3 Å². The molecule has 0 aliphatic carbocycles. The number of fused-ring (bicyclic) bond motifs is 1. The van der Waals surface area contributed by atoms with Crippen molar-refractivity contribution in [3.63, 3.8) is 0 Å². The Morgan fingerprint density at radius 2 is 2.00 bits per heavy atom. The van der Waals surface area contributed by atoms with Gasteiger partial charge in [-0.25, -0.2) is 9.50 Å². The summed E-state index contributed by atoms with van der Waals surface area (Å²) in [6.07, 6.45) is 1.40. The van der Waals surface area contributed by atoms with Crippen molar-refractivity contribution >= 4 is 44.8 Å². The Morgan fingerprint density at radius 1 is 1.26 bits per heavy atom. The van der Waals surface area contributed by atoms with E-state index in [4.69, 9.17) is 10.5 Å². The molecule has 10 heteroatoms. The van der Waals surface area contributed by atoms with Crippen LogP contribution >= 0.6 is 15.9 Å². The van der Waals surface area contributed by atoms with Crippen molar-refractivity contribution in [3.05, 3.63) is 35.1 Å². The third-order valence-corrected chi connectivity index (χ3v) is 6.28. The number of hydrogen-bond acceptors (Lipinski definition) is 6. The smallest absolute Gasteiger partial charge is 0.252 e. The van der Waals surface area contributed by atoms with Crippen LogP contribution in [0.1, 0.15) is 20.8 Å². The van der Waals surface area contributed by atoms with Gasteiger partial charge < -0.3 is 20.3 Å². The van der Waals surface area contributed by atoms with E-state index < -0.39 is 5.54 Å². The number of amides is 2. The molecule has 0 atom stereocenters. The normalized spacial score (nSPS) is 16.1. The van der Waals surface area contributed by atoms with Gasteiger partial charge in [0, 0.05) is 30.0 Å². The Balaban J connectivity index is 1.83. The lowest BCUT2D eigenvalue weighted by Gasteiger charge is -2.45. The van der Waals surface area contributed by atoms with E-state index in [0.29, 0.717) is 35.9 Å². The zero-order chi connectivity index (χ0) is 22.5. The van der Waals surface area contributed by atoms with Crippen LogP contribution in [0, 0.1) is 0 Å². The fourth-order valence-corrected chi connectivity index (χ4v) is 4.68. The van der Waals surface area contributed by atoms with Gasteiger partial charge in [0.15, 0.2) is 5.82 Å². The van der Waals surface area contributed by atoms with Crippen molar-refractivity contribution in [3.8, 4) is 17.0 Å². The summed E-state index contributed by atoms with van der Waals surface area (Å²) in [4.78, 5) is 32.7. The molecule has 1 aliphatic heterocycles. The summed E-state index contributed by atoms with van der Waals surface area (Å²) in [5.74, 6) is 0.634. The van der Waals surface area contributed by atoms with Gasteiger partial charge in [0.1, 0.15) is 23.1 Å². The Labute approximate surface area is 187 Å². The molecule has 1 aliphatic rings. The largest absolute Gasteiger partial charge is 0.495 e. The number of carbonyl (C=O) groups is 2. The fourth-order valence-electron chi connectivity index (χ4n) is 4.10. The molecule has 31 heavy (non-hydrogen) atoms. The number of hydrogen-bond donors (Lipinski definition) is 1. The summed E-state index contributed by atoms with van der Waals surface area (Å²) in [5.41, 5.74) is 7.97. The Bertz CT molecular complexity index is 1210. The average Bonchev–Trinajstić information content (AvgIpc) is 3.07. The minimum atomic E-state index is -0.961. The van der Waals surface area contributed by atoms with E-state index in [9.17, 15) is 9.59 Å². The molecule has 3 aromatic rings. The lowest BCUT2D eigenvalue weighted by atomic mass is 9.96. The zero-order valence-electron chi connectivity index (χ0n) is 17.7. The highest BCUT2D eigenvalue weighted by Crippen LogP contribution is 2.38. The van der Waals surface area contributed by atoms with E-state index in [0.717, 1.165) is 15.7 Å². The van der Waals surface area contributed by atoms with Crippen LogP contribution in [0.3, 0.4) is 0 Å². The number of methoxy groups -OCH3 is 1. The van der Waals surface area contributed by atoms with Gasteiger partial charge in [0.05, 0.1) is 18.5 Å². The van der Waals surface area contributed by atoms with Crippen LogP contribution in [0.5, 0.6) is 5.75 Å². The maximum absolute atomic E-state index is 13.4. The van der Waals surface area contributed by atoms with Crippen LogP contribution in [0.2, 0.25) is 0 Å². The summed E-state index contributed by atoms with van der Waals surface area (Å²) in [5, 5.41) is 4.33. The summed E-state index contributed by atoms with van der Waals surface area (Å²) in [6.45, 7) is 5.81. The first-order valence-corrected chi connectivity index (χ1v) is 10.5. The van der Waals surface area contributed by atoms with Gasteiger partial charge in [-0.1, -0.05) is 0 Å². The molecule has 162 valence electrons. The quantitative estimate of drug-likeness (QED) is 0.609. The number of rotatable bonds is 3. The molecule has 2 aromatic heterocycles. The third kappa shape index (κ3) is 3.31. The Morgan fingerprint density at radius 3 is 2.68 bits per heavy atom. The number of anilines is 2. The highest BCUT2D eigenvalue weighted by atomic mass is 79.9. The fraction of sp³-hybridized carbons (Fsp3) is 0.333. The summed E-state index contributed by atoms with van der Waals surface area (Å²) >= 11 is 3.53. The maximum Gasteiger partial charge on any atom is 0.252 e. The number of ether oxygens (including phenoxy) is 1. The monoisotopic (exact) mass is 486 g/mol. The molecular weight excluding hydrogens is 464 g/mol. The van der Waals surface area contributed by atoms with Crippen LogP contribution in [0.4, 0.5) is 11.5 Å². The van der Waals surface area contributed by atoms with E-state index in [-0.39, 0.29) is 11.8 Å². The molecule has 2 N–H and O–H groups in total. The van der Waals surface area contributed by atoms with E-state index in [1.54, 1.807) is 35.3 Å². The molecule has 0 spiro atoms. The number of nitrogens with two attached hydrogens (primary N) is 1. The van der Waals surface area contributed by atoms with Crippen LogP contribution in [0.15, 0.2) is 35.1 Å². The van der Waals surface area contributed by atoms with Crippen LogP contribution in [-0.4, -0.2) is 57.1 Å². The van der Waals surface area contributed by atoms with Crippen molar-refractivity contribution in [1.29, 1.82) is 0 Å². The first kappa shape index (κ1) is 21.1. The van der Waals surface area contributed by atoms with Gasteiger partial charge in [-0.3, -0.25) is 9.59 Å². The van der Waals surface area contributed by atoms with Crippen LogP contribution < -0.4 is 15.4 Å². The first-order valence-electron chi connectivity index (χ1n) is 9.73. The summed E-state index contributed by atoms with van der Waals surface area (Å²) < 4.78 is 8.03. The van der Waals surface area contributed by atoms with E-state index >= 15 is 0 Å². The zero-order valence-corrected chi connectivity index (χ0v) is 19.3. The molecule has 9 nitrogen and oxygen atoms in total. The minimum Gasteiger partial charge on any atom is -0.495 e. The van der Waals surface area contributed by atoms with Crippen LogP contribution in [-0.2, 0) is 9.59 Å². The SMILES string of the molecule is COc1ccc(-c2cc(Br)c3c(N)ncnn23)cc1N1CCN(C(C)=O)C(C)(C)C1=O. The van der Waals surface area contributed by atoms with E-state index in [2.05, 4.69) is 26.0 Å². The second-order valence-electron chi connectivity index (χ2n) is 7.86. The Kier molecular flexibility index (Phi) is 5.12. The molecular formula is C21H23BrN6O3. The highest BCUT2D eigenvalue weighted by Gasteiger charge is 2.44. The van der Waals surface area contributed by atoms with Gasteiger partial charge in [0.25, 0.3) is 5.91 Å². The second kappa shape index (κ2) is 7.52. The molecule has 0 bridgehead atoms. The average molecular weight is 487 g/mol. The first-order chi connectivity index (χ1) is 14.7. The lowest BCUT2D eigenvalue weighted by molar-refractivity contribution is -0.145. The third-order valence-electron chi connectivity index (χ3n) is 5.67. The van der Waals surface area contributed by atoms with Crippen molar-refractivity contribution < 1.29 is 14.3 Å². The summed E-state index contributed by atoms with van der Waals surface area (Å²) in [7, 11) is 1.57. The Hall–Kier alpha value is -3.14. The highest BCUT2D eigenvalue weighted by molar-refractivity contribution is 9.10. The number of nitrogens with zero attached hydrogens (tertiary/aromatic N) is 5. The molecule has 4 rings (SSSR count). The number of carbonyl (C=O) groups excluding carboxylic acids is 2. The van der Waals surface area contributed by atoms with Crippen molar-refractivity contribution in [2.75, 3.05) is 30.8 Å². The number of benzene rings is 1. The molecule has 1 fully saturated rings. The topological polar surface area (TPSA) is 106 Å². The number of piperazine rings is 1. The minimum absolute atomic E-state index is 0.125. The van der Waals surface area contributed by atoms with E-state index in [1.165, 1.54) is 13.3 Å². The molecule has 1 saturated heterocycles. The predicted octanol–water partition coefficient (Wildman–Crippen LogP) is 2.72. The van der Waals surface area contributed by atoms with Crippen LogP contribution in [0.25, 0.3) is 16.8 Å². The van der Waals surface area contributed by atoms with Gasteiger partial charge in [-0.15, -0.1) is 0 Å². The number of nitrogen functional groups attached to an aromatic ring is 1. The lowest BCUT2D eigenvalue weighted by Crippen LogP contribution is -2.64. The molecule has 0 unspecified atom stereocenters. The molecule has 2 amide bonds. The molecule has 3 heterocycles. The number of halogens is 1. The van der Waals surface area contributed by atoms with E-state index in [1.807, 2.05) is 24.3 Å². The standard InChI is InChI=1S/C21H23BrN6O3/c1-12(29)27-8-7-26(20(30)21(27,2)3)16-9-13(5-6-17(16)31-4)15-10-14(22)18-19(23)24-11-25-28(15)18/h5-6,9-11H,7-8H2,1-4H3,(H2,23,24,25). The van der Waals surface area contributed by atoms with Gasteiger partial charge >= 0.3 is 0 Å². The second-order valence-corrected chi connectivity index (χ2v) is 8.71. The molecule has 0 radical (unpaired) electrons. The maximum atomic E-state index is 13.4. The number of aromatic nitrogens is 3. The van der Waals surface area contributed by atoms with Gasteiger partial charge in [-0.05, 0) is 54.0 Å².